The largest absolute Gasteiger partial charge is 0.466 e. The molecule has 0 unspecified atom stereocenters. The van der Waals surface area contributed by atoms with Crippen LogP contribution in [0.4, 0.5) is 0 Å². The third-order valence-electron chi connectivity index (χ3n) is 3.76. The summed E-state index contributed by atoms with van der Waals surface area (Å²) in [5.41, 5.74) is 3.43. The van der Waals surface area contributed by atoms with Gasteiger partial charge in [-0.1, -0.05) is 0 Å². The van der Waals surface area contributed by atoms with Crippen LogP contribution >= 0.6 is 24.0 Å². The summed E-state index contributed by atoms with van der Waals surface area (Å²) >= 11 is 0. The minimum atomic E-state index is 0. The van der Waals surface area contributed by atoms with Crippen molar-refractivity contribution in [1.82, 2.24) is 20.4 Å². The van der Waals surface area contributed by atoms with Crippen LogP contribution in [0, 0.1) is 27.7 Å². The fourth-order valence-electron chi connectivity index (χ4n) is 2.60. The highest BCUT2D eigenvalue weighted by molar-refractivity contribution is 14.0. The Morgan fingerprint density at radius 2 is 1.96 bits per heavy atom. The van der Waals surface area contributed by atoms with Gasteiger partial charge in [-0.25, -0.2) is 0 Å². The predicted octanol–water partition coefficient (Wildman–Crippen LogP) is 3.08. The number of hydrogen-bond acceptors (Lipinski definition) is 3. The molecule has 2 rings (SSSR count). The molecule has 0 aromatic carbocycles. The molecular weight excluding hydrogens is 417 g/mol. The van der Waals surface area contributed by atoms with E-state index in [2.05, 4.69) is 39.8 Å². The average Bonchev–Trinajstić information content (AvgIpc) is 2.99. The Kier molecular flexibility index (Phi) is 8.30. The zero-order valence-electron chi connectivity index (χ0n) is 15.1. The number of aromatic nitrogens is 2. The van der Waals surface area contributed by atoms with Crippen molar-refractivity contribution in [2.45, 2.75) is 47.2 Å². The Labute approximate surface area is 161 Å². The lowest BCUT2D eigenvalue weighted by Gasteiger charge is -2.12. The van der Waals surface area contributed by atoms with Gasteiger partial charge in [-0.2, -0.15) is 5.10 Å². The minimum Gasteiger partial charge on any atom is -0.466 e. The Hall–Kier alpha value is -1.51. The molecule has 0 saturated heterocycles. The Bertz CT molecular complexity index is 675. The summed E-state index contributed by atoms with van der Waals surface area (Å²) < 4.78 is 7.58. The van der Waals surface area contributed by atoms with Gasteiger partial charge >= 0.3 is 0 Å². The zero-order valence-corrected chi connectivity index (χ0v) is 17.5. The molecule has 2 aromatic rings. The highest BCUT2D eigenvalue weighted by Crippen LogP contribution is 2.12. The summed E-state index contributed by atoms with van der Waals surface area (Å²) in [5, 5.41) is 11.1. The van der Waals surface area contributed by atoms with E-state index in [4.69, 9.17) is 4.42 Å². The summed E-state index contributed by atoms with van der Waals surface area (Å²) in [6, 6.07) is 4.15. The molecule has 2 N–H and O–H groups in total. The average molecular weight is 445 g/mol. The topological polar surface area (TPSA) is 67.4 Å². The van der Waals surface area contributed by atoms with Gasteiger partial charge in [0.05, 0.1) is 5.69 Å². The number of aliphatic imine (C=N–C) groups is 1. The molecule has 2 aromatic heterocycles. The molecule has 0 bridgehead atoms. The van der Waals surface area contributed by atoms with E-state index in [0.717, 1.165) is 48.2 Å². The van der Waals surface area contributed by atoms with Crippen LogP contribution in [0.5, 0.6) is 0 Å². The van der Waals surface area contributed by atoms with E-state index in [0.29, 0.717) is 6.54 Å². The summed E-state index contributed by atoms with van der Waals surface area (Å²) in [5.74, 6) is 2.69. The van der Waals surface area contributed by atoms with Crippen LogP contribution < -0.4 is 10.6 Å². The first-order chi connectivity index (χ1) is 11.0. The predicted molar refractivity (Wildman–Crippen MR) is 108 cm³/mol. The smallest absolute Gasteiger partial charge is 0.191 e. The first kappa shape index (κ1) is 20.5. The first-order valence-corrected chi connectivity index (χ1v) is 8.01. The lowest BCUT2D eigenvalue weighted by molar-refractivity contribution is 0.500. The molecule has 6 nitrogen and oxygen atoms in total. The zero-order chi connectivity index (χ0) is 16.8. The highest BCUT2D eigenvalue weighted by atomic mass is 127. The molecule has 2 heterocycles. The normalized spacial score (nSPS) is 11.3. The summed E-state index contributed by atoms with van der Waals surface area (Å²) in [6.45, 7) is 10.5. The van der Waals surface area contributed by atoms with Gasteiger partial charge in [0.25, 0.3) is 0 Å². The third kappa shape index (κ3) is 5.85. The molecule has 24 heavy (non-hydrogen) atoms. The van der Waals surface area contributed by atoms with Gasteiger partial charge in [0, 0.05) is 37.9 Å². The lowest BCUT2D eigenvalue weighted by atomic mass is 10.2. The Morgan fingerprint density at radius 1 is 1.21 bits per heavy atom. The molecular formula is C17H28IN5O. The maximum Gasteiger partial charge on any atom is 0.191 e. The van der Waals surface area contributed by atoms with Crippen LogP contribution in [-0.2, 0) is 13.1 Å². The van der Waals surface area contributed by atoms with E-state index in [9.17, 15) is 0 Å². The van der Waals surface area contributed by atoms with Gasteiger partial charge in [0.15, 0.2) is 5.96 Å². The van der Waals surface area contributed by atoms with Crippen molar-refractivity contribution in [2.75, 3.05) is 13.6 Å². The van der Waals surface area contributed by atoms with Gasteiger partial charge in [0.1, 0.15) is 11.5 Å². The maximum absolute atomic E-state index is 5.53. The molecule has 7 heteroatoms. The van der Waals surface area contributed by atoms with Gasteiger partial charge in [-0.3, -0.25) is 9.67 Å². The molecule has 0 aliphatic heterocycles. The van der Waals surface area contributed by atoms with Crippen LogP contribution in [-0.4, -0.2) is 29.3 Å². The molecule has 0 saturated carbocycles. The number of guanidine groups is 1. The van der Waals surface area contributed by atoms with Crippen molar-refractivity contribution in [3.63, 3.8) is 0 Å². The second kappa shape index (κ2) is 9.71. The third-order valence-corrected chi connectivity index (χ3v) is 3.76. The number of aryl methyl sites for hydroxylation is 5. The van der Waals surface area contributed by atoms with E-state index >= 15 is 0 Å². The van der Waals surface area contributed by atoms with E-state index < -0.39 is 0 Å². The van der Waals surface area contributed by atoms with Gasteiger partial charge in [0.2, 0.25) is 0 Å². The number of nitrogens with zero attached hydrogens (tertiary/aromatic N) is 3. The van der Waals surface area contributed by atoms with Gasteiger partial charge in [-0.05, 0) is 46.2 Å². The molecule has 0 fully saturated rings. The van der Waals surface area contributed by atoms with Crippen molar-refractivity contribution in [2.24, 2.45) is 4.99 Å². The van der Waals surface area contributed by atoms with Crippen molar-refractivity contribution >= 4 is 29.9 Å². The summed E-state index contributed by atoms with van der Waals surface area (Å²) in [7, 11) is 1.78. The summed E-state index contributed by atoms with van der Waals surface area (Å²) in [4.78, 5) is 4.25. The highest BCUT2D eigenvalue weighted by Gasteiger charge is 2.05. The van der Waals surface area contributed by atoms with Crippen molar-refractivity contribution in [3.8, 4) is 0 Å². The Balaban J connectivity index is 0.00000288. The van der Waals surface area contributed by atoms with E-state index in [1.54, 1.807) is 7.05 Å². The fraction of sp³-hybridized carbons (Fsp3) is 0.529. The molecule has 134 valence electrons. The number of rotatable bonds is 6. The minimum absolute atomic E-state index is 0. The quantitative estimate of drug-likeness (QED) is 0.311. The van der Waals surface area contributed by atoms with Gasteiger partial charge < -0.3 is 15.1 Å². The van der Waals surface area contributed by atoms with Crippen molar-refractivity contribution in [3.05, 3.63) is 40.6 Å². The number of nitrogens with one attached hydrogen (secondary N) is 2. The number of furan rings is 1. The standard InChI is InChI=1S/C17H27N5O.HI/c1-12-9-13(2)22(21-12)8-6-7-19-17(18-5)20-11-16-10-14(3)23-15(16)4;/h9-10H,6-8,11H2,1-5H3,(H2,18,19,20);1H. The van der Waals surface area contributed by atoms with Crippen molar-refractivity contribution in [1.29, 1.82) is 0 Å². The van der Waals surface area contributed by atoms with Crippen molar-refractivity contribution < 1.29 is 4.42 Å². The maximum atomic E-state index is 5.53. The SMILES string of the molecule is CN=C(NCCCn1nc(C)cc1C)NCc1cc(C)oc1C.I. The molecule has 0 aliphatic carbocycles. The van der Waals surface area contributed by atoms with Crippen LogP contribution in [0.3, 0.4) is 0 Å². The fourth-order valence-corrected chi connectivity index (χ4v) is 2.60. The van der Waals surface area contributed by atoms with E-state index in [1.807, 2.05) is 25.5 Å². The summed E-state index contributed by atoms with van der Waals surface area (Å²) in [6.07, 6.45) is 0.993. The van der Waals surface area contributed by atoms with Crippen LogP contribution in [0.1, 0.15) is 34.9 Å². The van der Waals surface area contributed by atoms with Crippen LogP contribution in [0.2, 0.25) is 0 Å². The number of hydrogen-bond donors (Lipinski definition) is 2. The molecule has 0 spiro atoms. The van der Waals surface area contributed by atoms with Crippen LogP contribution in [0.25, 0.3) is 0 Å². The Morgan fingerprint density at radius 3 is 2.50 bits per heavy atom. The first-order valence-electron chi connectivity index (χ1n) is 8.01. The second-order valence-corrected chi connectivity index (χ2v) is 5.79. The molecule has 0 radical (unpaired) electrons. The molecule has 0 aliphatic rings. The second-order valence-electron chi connectivity index (χ2n) is 5.79. The van der Waals surface area contributed by atoms with E-state index in [1.165, 1.54) is 5.69 Å². The van der Waals surface area contributed by atoms with E-state index in [-0.39, 0.29) is 24.0 Å². The van der Waals surface area contributed by atoms with Crippen LogP contribution in [0.15, 0.2) is 21.5 Å². The molecule has 0 amide bonds. The lowest BCUT2D eigenvalue weighted by Crippen LogP contribution is -2.37. The molecule has 0 atom stereocenters. The number of halogens is 1. The monoisotopic (exact) mass is 445 g/mol. The van der Waals surface area contributed by atoms with Gasteiger partial charge in [-0.15, -0.1) is 24.0 Å².